The lowest BCUT2D eigenvalue weighted by molar-refractivity contribution is 0.184. The van der Waals surface area contributed by atoms with Gasteiger partial charge in [0.2, 0.25) is 0 Å². The van der Waals surface area contributed by atoms with Crippen molar-refractivity contribution in [1.29, 1.82) is 0 Å². The molecule has 0 atom stereocenters. The Hall–Kier alpha value is -0.820. The molecule has 21 heavy (non-hydrogen) atoms. The van der Waals surface area contributed by atoms with Crippen molar-refractivity contribution < 1.29 is 4.74 Å². The number of methoxy groups -OCH3 is 1. The molecule has 0 aliphatic carbocycles. The summed E-state index contributed by atoms with van der Waals surface area (Å²) in [4.78, 5) is 6.50. The van der Waals surface area contributed by atoms with E-state index in [1.54, 1.807) is 7.11 Å². The van der Waals surface area contributed by atoms with Crippen LogP contribution in [0.1, 0.15) is 30.9 Å². The van der Waals surface area contributed by atoms with Crippen molar-refractivity contribution >= 4 is 29.9 Å². The highest BCUT2D eigenvalue weighted by Crippen LogP contribution is 2.09. The van der Waals surface area contributed by atoms with Gasteiger partial charge in [-0.3, -0.25) is 4.99 Å². The molecule has 0 spiro atoms. The number of nitrogens with zero attached hydrogens (tertiary/aromatic N) is 2. The van der Waals surface area contributed by atoms with Gasteiger partial charge in [0.1, 0.15) is 0 Å². The van der Waals surface area contributed by atoms with Gasteiger partial charge in [0.05, 0.1) is 6.61 Å². The first-order valence-electron chi connectivity index (χ1n) is 7.20. The quantitative estimate of drug-likeness (QED) is 0.430. The summed E-state index contributed by atoms with van der Waals surface area (Å²) < 4.78 is 5.23. The summed E-state index contributed by atoms with van der Waals surface area (Å²) in [5.41, 5.74) is 2.47. The Labute approximate surface area is 146 Å². The number of benzene rings is 1. The predicted octanol–water partition coefficient (Wildman–Crippen LogP) is 3.26. The highest BCUT2D eigenvalue weighted by atomic mass is 127. The second-order valence-corrected chi connectivity index (χ2v) is 4.88. The second kappa shape index (κ2) is 11.8. The lowest BCUT2D eigenvalue weighted by Crippen LogP contribution is -2.39. The number of hydrogen-bond donors (Lipinski definition) is 1. The molecule has 0 unspecified atom stereocenters. The zero-order valence-electron chi connectivity index (χ0n) is 13.6. The normalized spacial score (nSPS) is 11.0. The minimum Gasteiger partial charge on any atom is -0.380 e. The molecule has 1 aromatic rings. The van der Waals surface area contributed by atoms with E-state index >= 15 is 0 Å². The summed E-state index contributed by atoms with van der Waals surface area (Å²) in [6.07, 6.45) is 2.37. The molecule has 0 heterocycles. The zero-order valence-corrected chi connectivity index (χ0v) is 15.9. The molecule has 0 saturated carbocycles. The van der Waals surface area contributed by atoms with Crippen LogP contribution in [0.15, 0.2) is 29.3 Å². The van der Waals surface area contributed by atoms with Crippen molar-refractivity contribution in [2.75, 3.05) is 27.7 Å². The summed E-state index contributed by atoms with van der Waals surface area (Å²) in [5, 5.41) is 3.41. The van der Waals surface area contributed by atoms with Gasteiger partial charge in [-0.15, -0.1) is 24.0 Å². The van der Waals surface area contributed by atoms with Crippen LogP contribution in [-0.4, -0.2) is 38.6 Å². The largest absolute Gasteiger partial charge is 0.380 e. The highest BCUT2D eigenvalue weighted by molar-refractivity contribution is 14.0. The van der Waals surface area contributed by atoms with Crippen LogP contribution in [0.2, 0.25) is 0 Å². The van der Waals surface area contributed by atoms with Crippen molar-refractivity contribution in [1.82, 2.24) is 10.2 Å². The maximum Gasteiger partial charge on any atom is 0.193 e. The van der Waals surface area contributed by atoms with E-state index in [1.165, 1.54) is 24.0 Å². The van der Waals surface area contributed by atoms with Crippen molar-refractivity contribution in [3.8, 4) is 0 Å². The molecule has 1 aromatic carbocycles. The van der Waals surface area contributed by atoms with Crippen LogP contribution in [0.5, 0.6) is 0 Å². The monoisotopic (exact) mass is 405 g/mol. The van der Waals surface area contributed by atoms with Crippen molar-refractivity contribution in [2.45, 2.75) is 32.9 Å². The van der Waals surface area contributed by atoms with Gasteiger partial charge in [-0.1, -0.05) is 37.6 Å². The third-order valence-corrected chi connectivity index (χ3v) is 3.28. The average molecular weight is 405 g/mol. The number of guanidine groups is 1. The Bertz CT molecular complexity index is 424. The number of unbranched alkanes of at least 4 members (excludes halogenated alkanes) is 1. The maximum absolute atomic E-state index is 5.23. The molecule has 0 aliphatic rings. The Kier molecular flexibility index (Phi) is 11.3. The fourth-order valence-corrected chi connectivity index (χ4v) is 2.09. The van der Waals surface area contributed by atoms with Gasteiger partial charge >= 0.3 is 0 Å². The first-order chi connectivity index (χ1) is 9.72. The van der Waals surface area contributed by atoms with Gasteiger partial charge in [-0.05, 0) is 17.5 Å². The minimum absolute atomic E-state index is 0. The van der Waals surface area contributed by atoms with Crippen LogP contribution < -0.4 is 5.32 Å². The first kappa shape index (κ1) is 20.2. The van der Waals surface area contributed by atoms with Crippen LogP contribution in [0.4, 0.5) is 0 Å². The van der Waals surface area contributed by atoms with E-state index in [4.69, 9.17) is 4.74 Å². The molecule has 120 valence electrons. The van der Waals surface area contributed by atoms with E-state index < -0.39 is 0 Å². The van der Waals surface area contributed by atoms with Crippen LogP contribution in [-0.2, 0) is 17.9 Å². The standard InChI is InChI=1S/C16H27N3O.HI/c1-5-6-11-19(3)16(17-2)18-12-14-9-7-8-10-15(14)13-20-4;/h7-10H,5-6,11-13H2,1-4H3,(H,17,18);1H. The van der Waals surface area contributed by atoms with E-state index in [9.17, 15) is 0 Å². The molecule has 4 nitrogen and oxygen atoms in total. The fraction of sp³-hybridized carbons (Fsp3) is 0.562. The molecule has 5 heteroatoms. The first-order valence-corrected chi connectivity index (χ1v) is 7.20. The number of halogens is 1. The van der Waals surface area contributed by atoms with Crippen LogP contribution >= 0.6 is 24.0 Å². The lowest BCUT2D eigenvalue weighted by Gasteiger charge is -2.22. The van der Waals surface area contributed by atoms with Gasteiger partial charge in [0, 0.05) is 34.3 Å². The highest BCUT2D eigenvalue weighted by Gasteiger charge is 2.06. The van der Waals surface area contributed by atoms with Crippen molar-refractivity contribution in [3.63, 3.8) is 0 Å². The van der Waals surface area contributed by atoms with Crippen molar-refractivity contribution in [2.24, 2.45) is 4.99 Å². The minimum atomic E-state index is 0. The Morgan fingerprint density at radius 2 is 1.95 bits per heavy atom. The van der Waals surface area contributed by atoms with Gasteiger partial charge in [-0.25, -0.2) is 0 Å². The number of hydrogen-bond acceptors (Lipinski definition) is 2. The molecule has 0 saturated heterocycles. The predicted molar refractivity (Wildman–Crippen MR) is 100 cm³/mol. The Balaban J connectivity index is 0.00000400. The fourth-order valence-electron chi connectivity index (χ4n) is 2.09. The van der Waals surface area contributed by atoms with E-state index in [0.717, 1.165) is 19.0 Å². The molecular formula is C16H28IN3O. The van der Waals surface area contributed by atoms with Crippen LogP contribution in [0.3, 0.4) is 0 Å². The number of aliphatic imine (C=N–C) groups is 1. The molecule has 0 radical (unpaired) electrons. The average Bonchev–Trinajstić information content (AvgIpc) is 2.47. The number of ether oxygens (including phenoxy) is 1. The third kappa shape index (κ3) is 7.13. The lowest BCUT2D eigenvalue weighted by atomic mass is 10.1. The van der Waals surface area contributed by atoms with E-state index in [2.05, 4.69) is 47.4 Å². The Morgan fingerprint density at radius 3 is 2.52 bits per heavy atom. The van der Waals surface area contributed by atoms with Crippen LogP contribution in [0, 0.1) is 0 Å². The molecule has 0 fully saturated rings. The topological polar surface area (TPSA) is 36.9 Å². The summed E-state index contributed by atoms with van der Waals surface area (Å²) in [5.74, 6) is 0.936. The third-order valence-electron chi connectivity index (χ3n) is 3.28. The van der Waals surface area contributed by atoms with E-state index in [-0.39, 0.29) is 24.0 Å². The molecule has 0 amide bonds. The van der Waals surface area contributed by atoms with Crippen LogP contribution in [0.25, 0.3) is 0 Å². The maximum atomic E-state index is 5.23. The van der Waals surface area contributed by atoms with Gasteiger partial charge in [0.25, 0.3) is 0 Å². The van der Waals surface area contributed by atoms with Gasteiger partial charge < -0.3 is 15.0 Å². The summed E-state index contributed by atoms with van der Waals surface area (Å²) in [7, 11) is 5.62. The molecule has 0 bridgehead atoms. The zero-order chi connectivity index (χ0) is 14.8. The summed E-state index contributed by atoms with van der Waals surface area (Å²) in [6, 6.07) is 8.32. The SMILES string of the molecule is CCCCN(C)C(=NC)NCc1ccccc1COC.I. The molecule has 0 aliphatic heterocycles. The van der Waals surface area contributed by atoms with Crippen molar-refractivity contribution in [3.05, 3.63) is 35.4 Å². The summed E-state index contributed by atoms with van der Waals surface area (Å²) in [6.45, 7) is 4.63. The molecular weight excluding hydrogens is 377 g/mol. The second-order valence-electron chi connectivity index (χ2n) is 4.88. The smallest absolute Gasteiger partial charge is 0.193 e. The molecule has 0 aromatic heterocycles. The van der Waals surface area contributed by atoms with E-state index in [0.29, 0.717) is 6.61 Å². The molecule has 1 N–H and O–H groups in total. The number of nitrogens with one attached hydrogen (secondary N) is 1. The van der Waals surface area contributed by atoms with Gasteiger partial charge in [-0.2, -0.15) is 0 Å². The Morgan fingerprint density at radius 1 is 1.29 bits per heavy atom. The van der Waals surface area contributed by atoms with Gasteiger partial charge in [0.15, 0.2) is 5.96 Å². The molecule has 1 rings (SSSR count). The summed E-state index contributed by atoms with van der Waals surface area (Å²) >= 11 is 0. The van der Waals surface area contributed by atoms with E-state index in [1.807, 2.05) is 13.1 Å². The number of rotatable bonds is 7.